The highest BCUT2D eigenvalue weighted by atomic mass is 16.5. The van der Waals surface area contributed by atoms with Gasteiger partial charge in [0.05, 0.1) is 20.3 Å². The second kappa shape index (κ2) is 7.02. The van der Waals surface area contributed by atoms with Crippen LogP contribution in [-0.2, 0) is 17.9 Å². The van der Waals surface area contributed by atoms with Crippen molar-refractivity contribution in [2.75, 3.05) is 14.2 Å². The van der Waals surface area contributed by atoms with Crippen LogP contribution >= 0.6 is 0 Å². The number of nitrogens with zero attached hydrogens (tertiary/aromatic N) is 2. The average molecular weight is 276 g/mol. The van der Waals surface area contributed by atoms with Crippen LogP contribution in [0.5, 0.6) is 5.75 Å². The minimum atomic E-state index is 0.196. The third-order valence-corrected chi connectivity index (χ3v) is 3.14. The number of benzene rings is 1. The molecule has 2 aromatic rings. The predicted octanol–water partition coefficient (Wildman–Crippen LogP) is 1.81. The number of nitrogens with one attached hydrogen (secondary N) is 2. The van der Waals surface area contributed by atoms with Crippen molar-refractivity contribution >= 4 is 0 Å². The Morgan fingerprint density at radius 2 is 2.20 bits per heavy atom. The summed E-state index contributed by atoms with van der Waals surface area (Å²) in [7, 11) is 3.34. The van der Waals surface area contributed by atoms with Gasteiger partial charge in [0, 0.05) is 18.7 Å². The normalized spacial score (nSPS) is 12.3. The molecule has 2 N–H and O–H groups in total. The van der Waals surface area contributed by atoms with Crippen molar-refractivity contribution in [3.05, 3.63) is 41.5 Å². The van der Waals surface area contributed by atoms with Crippen LogP contribution < -0.4 is 10.1 Å². The molecular formula is C14H20N4O2. The molecule has 20 heavy (non-hydrogen) atoms. The van der Waals surface area contributed by atoms with Gasteiger partial charge in [-0.2, -0.15) is 5.10 Å². The molecule has 0 aliphatic carbocycles. The maximum Gasteiger partial charge on any atom is 0.138 e. The number of rotatable bonds is 7. The highest BCUT2D eigenvalue weighted by Crippen LogP contribution is 2.24. The van der Waals surface area contributed by atoms with E-state index in [1.54, 1.807) is 14.2 Å². The van der Waals surface area contributed by atoms with Gasteiger partial charge in [-0.1, -0.05) is 6.07 Å². The van der Waals surface area contributed by atoms with Gasteiger partial charge in [-0.25, -0.2) is 4.98 Å². The molecule has 1 heterocycles. The van der Waals surface area contributed by atoms with Gasteiger partial charge in [0.25, 0.3) is 0 Å². The SMILES string of the molecule is COCc1cc(C(C)NCc2ncn[nH]2)ccc1OC. The first-order chi connectivity index (χ1) is 9.74. The maximum absolute atomic E-state index is 5.33. The second-order valence-corrected chi connectivity index (χ2v) is 4.54. The van der Waals surface area contributed by atoms with Gasteiger partial charge in [0.2, 0.25) is 0 Å². The zero-order chi connectivity index (χ0) is 14.4. The lowest BCUT2D eigenvalue weighted by Gasteiger charge is -2.16. The van der Waals surface area contributed by atoms with Crippen molar-refractivity contribution in [3.8, 4) is 5.75 Å². The van der Waals surface area contributed by atoms with E-state index >= 15 is 0 Å². The summed E-state index contributed by atoms with van der Waals surface area (Å²) in [6.45, 7) is 3.29. The van der Waals surface area contributed by atoms with E-state index in [1.807, 2.05) is 6.07 Å². The van der Waals surface area contributed by atoms with E-state index < -0.39 is 0 Å². The van der Waals surface area contributed by atoms with Crippen molar-refractivity contribution < 1.29 is 9.47 Å². The van der Waals surface area contributed by atoms with E-state index in [0.717, 1.165) is 17.1 Å². The van der Waals surface area contributed by atoms with Gasteiger partial charge in [-0.05, 0) is 24.6 Å². The first-order valence-electron chi connectivity index (χ1n) is 6.48. The fraction of sp³-hybridized carbons (Fsp3) is 0.429. The largest absolute Gasteiger partial charge is 0.496 e. The summed E-state index contributed by atoms with van der Waals surface area (Å²) < 4.78 is 10.5. The molecule has 6 heteroatoms. The lowest BCUT2D eigenvalue weighted by atomic mass is 10.0. The molecule has 6 nitrogen and oxygen atoms in total. The lowest BCUT2D eigenvalue weighted by Crippen LogP contribution is -2.19. The number of hydrogen-bond acceptors (Lipinski definition) is 5. The number of ether oxygens (including phenoxy) is 2. The van der Waals surface area contributed by atoms with Crippen LogP contribution in [0.2, 0.25) is 0 Å². The van der Waals surface area contributed by atoms with Crippen molar-refractivity contribution in [1.82, 2.24) is 20.5 Å². The standard InChI is InChI=1S/C14H20N4O2/c1-10(15-7-14-16-9-17-18-14)11-4-5-13(20-3)12(6-11)8-19-2/h4-6,9-10,15H,7-8H2,1-3H3,(H,16,17,18). The van der Waals surface area contributed by atoms with Gasteiger partial charge in [0.1, 0.15) is 17.9 Å². The minimum absolute atomic E-state index is 0.196. The Morgan fingerprint density at radius 1 is 1.35 bits per heavy atom. The van der Waals surface area contributed by atoms with Gasteiger partial charge >= 0.3 is 0 Å². The van der Waals surface area contributed by atoms with Gasteiger partial charge < -0.3 is 14.8 Å². The Hall–Kier alpha value is -1.92. The van der Waals surface area contributed by atoms with Gasteiger partial charge in [-0.3, -0.25) is 5.10 Å². The minimum Gasteiger partial charge on any atom is -0.496 e. The number of H-pyrrole nitrogens is 1. The zero-order valence-electron chi connectivity index (χ0n) is 12.0. The summed E-state index contributed by atoms with van der Waals surface area (Å²) in [6.07, 6.45) is 1.51. The molecule has 0 amide bonds. The quantitative estimate of drug-likeness (QED) is 0.807. The Bertz CT molecular complexity index is 528. The third-order valence-electron chi connectivity index (χ3n) is 3.14. The number of aromatic amines is 1. The van der Waals surface area contributed by atoms with Crippen LogP contribution in [-0.4, -0.2) is 29.4 Å². The van der Waals surface area contributed by atoms with E-state index in [1.165, 1.54) is 11.9 Å². The molecule has 0 aliphatic rings. The topological polar surface area (TPSA) is 72.1 Å². The molecule has 0 saturated carbocycles. The van der Waals surface area contributed by atoms with E-state index in [-0.39, 0.29) is 6.04 Å². The first kappa shape index (κ1) is 14.5. The van der Waals surface area contributed by atoms with Crippen molar-refractivity contribution in [2.45, 2.75) is 26.1 Å². The lowest BCUT2D eigenvalue weighted by molar-refractivity contribution is 0.181. The molecule has 0 fully saturated rings. The van der Waals surface area contributed by atoms with Crippen LogP contribution in [0.4, 0.5) is 0 Å². The molecule has 2 rings (SSSR count). The molecular weight excluding hydrogens is 256 g/mol. The molecule has 0 aliphatic heterocycles. The Kier molecular flexibility index (Phi) is 5.09. The summed E-state index contributed by atoms with van der Waals surface area (Å²) in [6, 6.07) is 6.31. The van der Waals surface area contributed by atoms with E-state index in [2.05, 4.69) is 39.6 Å². The average Bonchev–Trinajstić information content (AvgIpc) is 2.98. The molecule has 0 radical (unpaired) electrons. The summed E-state index contributed by atoms with van der Waals surface area (Å²) in [5.41, 5.74) is 2.22. The van der Waals surface area contributed by atoms with E-state index in [0.29, 0.717) is 13.2 Å². The second-order valence-electron chi connectivity index (χ2n) is 4.54. The molecule has 1 unspecified atom stereocenters. The van der Waals surface area contributed by atoms with Gasteiger partial charge in [-0.15, -0.1) is 0 Å². The Morgan fingerprint density at radius 3 is 2.85 bits per heavy atom. The third kappa shape index (κ3) is 3.55. The van der Waals surface area contributed by atoms with Gasteiger partial charge in [0.15, 0.2) is 0 Å². The van der Waals surface area contributed by atoms with E-state index in [9.17, 15) is 0 Å². The van der Waals surface area contributed by atoms with Crippen LogP contribution in [0, 0.1) is 0 Å². The number of methoxy groups -OCH3 is 2. The van der Waals surface area contributed by atoms with Crippen molar-refractivity contribution in [1.29, 1.82) is 0 Å². The van der Waals surface area contributed by atoms with E-state index in [4.69, 9.17) is 9.47 Å². The molecule has 1 aromatic heterocycles. The molecule has 0 bridgehead atoms. The molecule has 0 spiro atoms. The van der Waals surface area contributed by atoms with Crippen LogP contribution in [0.25, 0.3) is 0 Å². The highest BCUT2D eigenvalue weighted by molar-refractivity contribution is 5.38. The smallest absolute Gasteiger partial charge is 0.138 e. The number of aromatic nitrogens is 3. The fourth-order valence-electron chi connectivity index (χ4n) is 2.02. The molecule has 1 aromatic carbocycles. The van der Waals surface area contributed by atoms with Crippen LogP contribution in [0.15, 0.2) is 24.5 Å². The summed E-state index contributed by atoms with van der Waals surface area (Å²) in [5.74, 6) is 1.67. The van der Waals surface area contributed by atoms with Crippen molar-refractivity contribution in [2.24, 2.45) is 0 Å². The fourth-order valence-corrected chi connectivity index (χ4v) is 2.02. The van der Waals surface area contributed by atoms with Crippen LogP contribution in [0.1, 0.15) is 29.9 Å². The predicted molar refractivity (Wildman–Crippen MR) is 75.3 cm³/mol. The summed E-state index contributed by atoms with van der Waals surface area (Å²) in [5, 5.41) is 10.0. The summed E-state index contributed by atoms with van der Waals surface area (Å²) >= 11 is 0. The highest BCUT2D eigenvalue weighted by Gasteiger charge is 2.10. The maximum atomic E-state index is 5.33. The first-order valence-corrected chi connectivity index (χ1v) is 6.48. The molecule has 1 atom stereocenters. The van der Waals surface area contributed by atoms with Crippen LogP contribution in [0.3, 0.4) is 0 Å². The molecule has 108 valence electrons. The van der Waals surface area contributed by atoms with Crippen molar-refractivity contribution in [3.63, 3.8) is 0 Å². The monoisotopic (exact) mass is 276 g/mol. The Labute approximate surface area is 118 Å². The zero-order valence-corrected chi connectivity index (χ0v) is 12.0. The number of hydrogen-bond donors (Lipinski definition) is 2. The Balaban J connectivity index is 2.05. The molecule has 0 saturated heterocycles. The summed E-state index contributed by atoms with van der Waals surface area (Å²) in [4.78, 5) is 4.09.